The molecule has 0 saturated carbocycles. The molecule has 1 aliphatic heterocycles. The molecule has 7 nitrogen and oxygen atoms in total. The fraction of sp³-hybridized carbons (Fsp3) is 0.276. The Kier molecular flexibility index (Phi) is 6.84. The van der Waals surface area contributed by atoms with E-state index >= 15 is 0 Å². The van der Waals surface area contributed by atoms with Gasteiger partial charge in [0.1, 0.15) is 17.3 Å². The second-order valence-electron chi connectivity index (χ2n) is 9.72. The van der Waals surface area contributed by atoms with Gasteiger partial charge in [-0.3, -0.25) is 14.6 Å². The van der Waals surface area contributed by atoms with Crippen molar-refractivity contribution in [1.29, 1.82) is 0 Å². The number of Topliss-reactive ketones (excluding diaryl/α,β-unsaturated/α-hetero) is 1. The van der Waals surface area contributed by atoms with Crippen molar-refractivity contribution in [2.24, 2.45) is 0 Å². The molecule has 1 fully saturated rings. The predicted octanol–water partition coefficient (Wildman–Crippen LogP) is 5.02. The Labute approximate surface area is 211 Å². The van der Waals surface area contributed by atoms with Gasteiger partial charge < -0.3 is 19.5 Å². The van der Waals surface area contributed by atoms with Crippen molar-refractivity contribution in [3.8, 4) is 11.5 Å². The number of carbonyl (C=O) groups is 2. The summed E-state index contributed by atoms with van der Waals surface area (Å²) in [5.41, 5.74) is 2.57. The molecule has 1 saturated heterocycles. The summed E-state index contributed by atoms with van der Waals surface area (Å²) < 4.78 is 10.8. The lowest BCUT2D eigenvalue weighted by molar-refractivity contribution is -0.140. The number of benzene rings is 2. The number of nitrogens with zero attached hydrogens (tertiary/aromatic N) is 2. The van der Waals surface area contributed by atoms with E-state index in [4.69, 9.17) is 9.47 Å². The quantitative estimate of drug-likeness (QED) is 0.299. The molecule has 0 spiro atoms. The second kappa shape index (κ2) is 9.85. The summed E-state index contributed by atoms with van der Waals surface area (Å²) in [5, 5.41) is 11.5. The number of hydrogen-bond donors (Lipinski definition) is 1. The van der Waals surface area contributed by atoms with Crippen LogP contribution in [0.25, 0.3) is 5.76 Å². The van der Waals surface area contributed by atoms with E-state index in [0.717, 1.165) is 11.1 Å². The van der Waals surface area contributed by atoms with Crippen LogP contribution >= 0.6 is 0 Å². The monoisotopic (exact) mass is 486 g/mol. The standard InChI is InChI=1S/C29H30N2O5/c1-29(2,3)22-16-20(9-10-23(22)36-5)26(32)24-25(19-11-13-30-14-12-19)31(28(34)27(24)33)17-18-7-6-8-21(15-18)35-4/h6-16,25,32H,17H2,1-5H3/b26-24-. The molecule has 7 heteroatoms. The topological polar surface area (TPSA) is 89.0 Å². The smallest absolute Gasteiger partial charge is 0.295 e. The SMILES string of the molecule is COc1cccc(CN2C(=O)C(=O)/C(=C(\O)c3ccc(OC)c(C(C)(C)C)c3)C2c2ccncc2)c1. The highest BCUT2D eigenvalue weighted by Gasteiger charge is 2.46. The highest BCUT2D eigenvalue weighted by Crippen LogP contribution is 2.41. The van der Waals surface area contributed by atoms with Crippen molar-refractivity contribution in [3.63, 3.8) is 0 Å². The average molecular weight is 487 g/mol. The molecule has 36 heavy (non-hydrogen) atoms. The summed E-state index contributed by atoms with van der Waals surface area (Å²) in [5.74, 6) is -0.298. The van der Waals surface area contributed by atoms with Crippen molar-refractivity contribution in [1.82, 2.24) is 9.88 Å². The molecule has 1 unspecified atom stereocenters. The summed E-state index contributed by atoms with van der Waals surface area (Å²) in [4.78, 5) is 32.2. The molecule has 1 N–H and O–H groups in total. The Balaban J connectivity index is 1.87. The van der Waals surface area contributed by atoms with Gasteiger partial charge in [0.2, 0.25) is 0 Å². The highest BCUT2D eigenvalue weighted by atomic mass is 16.5. The maximum absolute atomic E-state index is 13.4. The number of ketones is 1. The summed E-state index contributed by atoms with van der Waals surface area (Å²) in [6, 6.07) is 15.3. The first-order valence-corrected chi connectivity index (χ1v) is 11.7. The molecule has 4 rings (SSSR count). The molecule has 0 aliphatic carbocycles. The molecule has 0 bridgehead atoms. The average Bonchev–Trinajstić information content (AvgIpc) is 3.13. The molecular weight excluding hydrogens is 456 g/mol. The van der Waals surface area contributed by atoms with Crippen LogP contribution in [0.5, 0.6) is 11.5 Å². The fourth-order valence-corrected chi connectivity index (χ4v) is 4.50. The number of rotatable bonds is 6. The minimum Gasteiger partial charge on any atom is -0.507 e. The number of aromatic nitrogens is 1. The van der Waals surface area contributed by atoms with E-state index in [-0.39, 0.29) is 23.3 Å². The minimum atomic E-state index is -0.778. The molecular formula is C29H30N2O5. The summed E-state index contributed by atoms with van der Waals surface area (Å²) in [7, 11) is 3.17. The predicted molar refractivity (Wildman–Crippen MR) is 137 cm³/mol. The Bertz CT molecular complexity index is 1320. The van der Waals surface area contributed by atoms with Crippen LogP contribution in [0.15, 0.2) is 72.6 Å². The van der Waals surface area contributed by atoms with Crippen molar-refractivity contribution < 1.29 is 24.2 Å². The van der Waals surface area contributed by atoms with Gasteiger partial charge in [0, 0.05) is 30.1 Å². The zero-order valence-corrected chi connectivity index (χ0v) is 21.1. The van der Waals surface area contributed by atoms with E-state index in [2.05, 4.69) is 4.98 Å². The first-order chi connectivity index (χ1) is 17.2. The number of pyridine rings is 1. The van der Waals surface area contributed by atoms with E-state index in [0.29, 0.717) is 22.6 Å². The van der Waals surface area contributed by atoms with Gasteiger partial charge in [-0.25, -0.2) is 0 Å². The van der Waals surface area contributed by atoms with Crippen LogP contribution in [0.3, 0.4) is 0 Å². The summed E-state index contributed by atoms with van der Waals surface area (Å²) in [6.45, 7) is 6.29. The lowest BCUT2D eigenvalue weighted by Gasteiger charge is -2.26. The van der Waals surface area contributed by atoms with E-state index in [1.165, 1.54) is 4.90 Å². The van der Waals surface area contributed by atoms with Crippen LogP contribution in [0, 0.1) is 0 Å². The van der Waals surface area contributed by atoms with Gasteiger partial charge in [-0.05, 0) is 59.0 Å². The second-order valence-corrected chi connectivity index (χ2v) is 9.72. The number of amides is 1. The van der Waals surface area contributed by atoms with Crippen LogP contribution in [0.4, 0.5) is 0 Å². The largest absolute Gasteiger partial charge is 0.507 e. The van der Waals surface area contributed by atoms with E-state index in [1.54, 1.807) is 50.9 Å². The van der Waals surface area contributed by atoms with E-state index in [1.807, 2.05) is 51.1 Å². The number of aliphatic hydroxyl groups excluding tert-OH is 1. The number of carbonyl (C=O) groups excluding carboxylic acids is 2. The molecule has 186 valence electrons. The Morgan fingerprint density at radius 2 is 1.72 bits per heavy atom. The van der Waals surface area contributed by atoms with Crippen LogP contribution in [0.2, 0.25) is 0 Å². The maximum atomic E-state index is 13.4. The van der Waals surface area contributed by atoms with Gasteiger partial charge in [-0.2, -0.15) is 0 Å². The Morgan fingerprint density at radius 1 is 1.00 bits per heavy atom. The molecule has 0 radical (unpaired) electrons. The van der Waals surface area contributed by atoms with Crippen LogP contribution < -0.4 is 9.47 Å². The highest BCUT2D eigenvalue weighted by molar-refractivity contribution is 6.46. The van der Waals surface area contributed by atoms with Gasteiger partial charge >= 0.3 is 0 Å². The molecule has 1 atom stereocenters. The van der Waals surface area contributed by atoms with Crippen molar-refractivity contribution in [3.05, 3.63) is 94.8 Å². The lowest BCUT2D eigenvalue weighted by Crippen LogP contribution is -2.29. The number of ether oxygens (including phenoxy) is 2. The van der Waals surface area contributed by atoms with Gasteiger partial charge in [0.25, 0.3) is 11.7 Å². The van der Waals surface area contributed by atoms with E-state index < -0.39 is 17.7 Å². The van der Waals surface area contributed by atoms with Gasteiger partial charge in [-0.15, -0.1) is 0 Å². The third-order valence-electron chi connectivity index (χ3n) is 6.33. The summed E-state index contributed by atoms with van der Waals surface area (Å²) in [6.07, 6.45) is 3.21. The molecule has 1 aliphatic rings. The number of methoxy groups -OCH3 is 2. The third kappa shape index (κ3) is 4.69. The number of hydrogen-bond acceptors (Lipinski definition) is 6. The molecule has 2 heterocycles. The van der Waals surface area contributed by atoms with Gasteiger partial charge in [0.15, 0.2) is 0 Å². The number of likely N-dealkylation sites (tertiary alicyclic amines) is 1. The maximum Gasteiger partial charge on any atom is 0.295 e. The summed E-state index contributed by atoms with van der Waals surface area (Å²) >= 11 is 0. The Hall–Kier alpha value is -4.13. The Morgan fingerprint density at radius 3 is 2.36 bits per heavy atom. The molecule has 1 aromatic heterocycles. The first-order valence-electron chi connectivity index (χ1n) is 11.7. The van der Waals surface area contributed by atoms with Gasteiger partial charge in [0.05, 0.1) is 25.8 Å². The minimum absolute atomic E-state index is 0.0409. The van der Waals surface area contributed by atoms with E-state index in [9.17, 15) is 14.7 Å². The first kappa shape index (κ1) is 25.0. The normalized spacial score (nSPS) is 17.4. The van der Waals surface area contributed by atoms with Gasteiger partial charge in [-0.1, -0.05) is 32.9 Å². The van der Waals surface area contributed by atoms with Crippen LogP contribution in [-0.4, -0.2) is 40.9 Å². The third-order valence-corrected chi connectivity index (χ3v) is 6.33. The fourth-order valence-electron chi connectivity index (χ4n) is 4.50. The lowest BCUT2D eigenvalue weighted by atomic mass is 9.84. The van der Waals surface area contributed by atoms with Crippen LogP contribution in [-0.2, 0) is 21.5 Å². The zero-order valence-electron chi connectivity index (χ0n) is 21.1. The zero-order chi connectivity index (χ0) is 26.0. The van der Waals surface area contributed by atoms with Crippen molar-refractivity contribution >= 4 is 17.4 Å². The molecule has 2 aromatic carbocycles. The molecule has 1 amide bonds. The van der Waals surface area contributed by atoms with Crippen LogP contribution in [0.1, 0.15) is 49.1 Å². The molecule has 3 aromatic rings. The number of aliphatic hydroxyl groups is 1. The van der Waals surface area contributed by atoms with Crippen molar-refractivity contribution in [2.45, 2.75) is 38.8 Å². The van der Waals surface area contributed by atoms with Crippen molar-refractivity contribution in [2.75, 3.05) is 14.2 Å².